The van der Waals surface area contributed by atoms with Crippen LogP contribution in [0.15, 0.2) is 24.2 Å². The maximum Gasteiger partial charge on any atom is 0.326 e. The molecule has 1 fully saturated rings. The summed E-state index contributed by atoms with van der Waals surface area (Å²) >= 11 is 0. The van der Waals surface area contributed by atoms with Crippen molar-refractivity contribution >= 4 is 29.5 Å². The van der Waals surface area contributed by atoms with Gasteiger partial charge in [-0.2, -0.15) is 5.10 Å². The second kappa shape index (κ2) is 3.55. The lowest BCUT2D eigenvalue weighted by Crippen LogP contribution is -2.22. The Balaban J connectivity index is 2.10. The summed E-state index contributed by atoms with van der Waals surface area (Å²) in [6.45, 7) is 0. The van der Waals surface area contributed by atoms with E-state index in [1.165, 1.54) is 16.8 Å². The summed E-state index contributed by atoms with van der Waals surface area (Å²) in [5, 5.41) is 8.55. The van der Waals surface area contributed by atoms with Crippen molar-refractivity contribution < 1.29 is 9.59 Å². The molecule has 0 atom stereocenters. The van der Waals surface area contributed by atoms with Crippen LogP contribution in [0.25, 0.3) is 11.7 Å². The van der Waals surface area contributed by atoms with E-state index in [1.807, 2.05) is 0 Å². The van der Waals surface area contributed by atoms with Crippen molar-refractivity contribution in [3.8, 4) is 0 Å². The van der Waals surface area contributed by atoms with Gasteiger partial charge in [-0.15, -0.1) is 0 Å². The van der Waals surface area contributed by atoms with Gasteiger partial charge in [0.2, 0.25) is 0 Å². The number of urea groups is 1. The van der Waals surface area contributed by atoms with Crippen molar-refractivity contribution in [3.05, 3.63) is 29.7 Å². The molecule has 3 rings (SSSR count). The standard InChI is InChI=1S/C10H8N6O2/c11-7-1-2-16-8(14-7)5(4-12-16)3-6-9(17)15-10(18)13-6/h1-4H,(H2,11,14)(H2,13,15,17,18)/b6-3-. The summed E-state index contributed by atoms with van der Waals surface area (Å²) < 4.78 is 1.53. The molecule has 8 heteroatoms. The van der Waals surface area contributed by atoms with Gasteiger partial charge >= 0.3 is 6.03 Å². The number of hydrogen-bond acceptors (Lipinski definition) is 5. The lowest BCUT2D eigenvalue weighted by atomic mass is 10.2. The van der Waals surface area contributed by atoms with Crippen LogP contribution in [0.1, 0.15) is 5.56 Å². The molecule has 0 saturated carbocycles. The molecule has 90 valence electrons. The third-order valence-electron chi connectivity index (χ3n) is 2.44. The Morgan fingerprint density at radius 1 is 1.33 bits per heavy atom. The van der Waals surface area contributed by atoms with Gasteiger partial charge in [-0.05, 0) is 12.1 Å². The van der Waals surface area contributed by atoms with E-state index in [9.17, 15) is 9.59 Å². The fourth-order valence-electron chi connectivity index (χ4n) is 1.64. The van der Waals surface area contributed by atoms with Crippen LogP contribution in [0.5, 0.6) is 0 Å². The summed E-state index contributed by atoms with van der Waals surface area (Å²) in [5.74, 6) is -0.134. The van der Waals surface area contributed by atoms with E-state index >= 15 is 0 Å². The molecule has 0 radical (unpaired) electrons. The van der Waals surface area contributed by atoms with Gasteiger partial charge in [0.15, 0.2) is 5.65 Å². The summed E-state index contributed by atoms with van der Waals surface area (Å²) in [7, 11) is 0. The van der Waals surface area contributed by atoms with Crippen LogP contribution < -0.4 is 16.4 Å². The number of rotatable bonds is 1. The molecule has 3 heterocycles. The first-order chi connectivity index (χ1) is 8.63. The number of carbonyl (C=O) groups is 2. The number of amides is 3. The Morgan fingerprint density at radius 3 is 2.89 bits per heavy atom. The Hall–Kier alpha value is -2.90. The lowest BCUT2D eigenvalue weighted by Gasteiger charge is -1.96. The first-order valence-electron chi connectivity index (χ1n) is 5.07. The van der Waals surface area contributed by atoms with Crippen LogP contribution >= 0.6 is 0 Å². The average Bonchev–Trinajstić information content (AvgIpc) is 2.84. The van der Waals surface area contributed by atoms with Gasteiger partial charge in [-0.25, -0.2) is 14.3 Å². The zero-order valence-electron chi connectivity index (χ0n) is 9.04. The minimum atomic E-state index is -0.546. The van der Waals surface area contributed by atoms with Crippen LogP contribution in [0.4, 0.5) is 10.6 Å². The van der Waals surface area contributed by atoms with Crippen molar-refractivity contribution in [2.24, 2.45) is 0 Å². The summed E-state index contributed by atoms with van der Waals surface area (Å²) in [6.07, 6.45) is 4.69. The molecule has 0 unspecified atom stereocenters. The predicted octanol–water partition coefficient (Wildman–Crippen LogP) is -0.508. The van der Waals surface area contributed by atoms with Crippen LogP contribution in [-0.4, -0.2) is 26.5 Å². The normalized spacial score (nSPS) is 17.2. The third kappa shape index (κ3) is 1.56. The highest BCUT2D eigenvalue weighted by atomic mass is 16.2. The third-order valence-corrected chi connectivity index (χ3v) is 2.44. The SMILES string of the molecule is Nc1ccn2ncc(/C=C3\NC(=O)NC3=O)c2n1. The topological polar surface area (TPSA) is 114 Å². The molecule has 4 N–H and O–H groups in total. The zero-order chi connectivity index (χ0) is 12.7. The van der Waals surface area contributed by atoms with Crippen molar-refractivity contribution in [3.63, 3.8) is 0 Å². The number of carbonyl (C=O) groups excluding carboxylic acids is 2. The molecular formula is C10H8N6O2. The number of hydrogen-bond donors (Lipinski definition) is 3. The minimum absolute atomic E-state index is 0.152. The molecule has 0 aliphatic carbocycles. The molecule has 2 aromatic rings. The summed E-state index contributed by atoms with van der Waals surface area (Å²) in [5.41, 5.74) is 6.84. The minimum Gasteiger partial charge on any atom is -0.384 e. The van der Waals surface area contributed by atoms with E-state index in [0.717, 1.165) is 0 Å². The first kappa shape index (κ1) is 10.3. The molecule has 0 spiro atoms. The first-order valence-corrected chi connectivity index (χ1v) is 5.07. The predicted molar refractivity (Wildman–Crippen MR) is 62.1 cm³/mol. The molecule has 3 amide bonds. The van der Waals surface area contributed by atoms with E-state index in [0.29, 0.717) is 17.0 Å². The number of nitrogens with zero attached hydrogens (tertiary/aromatic N) is 3. The molecule has 0 aromatic carbocycles. The highest BCUT2D eigenvalue weighted by molar-refractivity contribution is 6.14. The van der Waals surface area contributed by atoms with E-state index < -0.39 is 11.9 Å². The van der Waals surface area contributed by atoms with Gasteiger partial charge in [0.05, 0.1) is 6.20 Å². The Bertz CT molecular complexity index is 701. The maximum atomic E-state index is 11.4. The summed E-state index contributed by atoms with van der Waals surface area (Å²) in [4.78, 5) is 26.5. The number of nitrogens with two attached hydrogens (primary N) is 1. The van der Waals surface area contributed by atoms with Crippen molar-refractivity contribution in [2.45, 2.75) is 0 Å². The number of nitrogen functional groups attached to an aromatic ring is 1. The number of anilines is 1. The van der Waals surface area contributed by atoms with Crippen molar-refractivity contribution in [2.75, 3.05) is 5.73 Å². The number of imide groups is 1. The maximum absolute atomic E-state index is 11.4. The molecule has 1 aliphatic rings. The number of nitrogens with one attached hydrogen (secondary N) is 2. The second-order valence-corrected chi connectivity index (χ2v) is 3.69. The Kier molecular flexibility index (Phi) is 2.03. The van der Waals surface area contributed by atoms with Gasteiger partial charge in [-0.1, -0.05) is 0 Å². The Morgan fingerprint density at radius 2 is 2.17 bits per heavy atom. The van der Waals surface area contributed by atoms with Crippen molar-refractivity contribution in [1.29, 1.82) is 0 Å². The molecule has 8 nitrogen and oxygen atoms in total. The van der Waals surface area contributed by atoms with E-state index in [1.54, 1.807) is 12.3 Å². The highest BCUT2D eigenvalue weighted by Gasteiger charge is 2.23. The summed E-state index contributed by atoms with van der Waals surface area (Å²) in [6, 6.07) is 1.07. The van der Waals surface area contributed by atoms with E-state index in [-0.39, 0.29) is 5.70 Å². The van der Waals surface area contributed by atoms with Crippen molar-refractivity contribution in [1.82, 2.24) is 25.2 Å². The number of aromatic nitrogens is 3. The molecule has 1 aliphatic heterocycles. The highest BCUT2D eigenvalue weighted by Crippen LogP contribution is 2.14. The van der Waals surface area contributed by atoms with Crippen LogP contribution in [-0.2, 0) is 4.79 Å². The number of fused-ring (bicyclic) bond motifs is 1. The monoisotopic (exact) mass is 244 g/mol. The fourth-order valence-corrected chi connectivity index (χ4v) is 1.64. The van der Waals surface area contributed by atoms with Gasteiger partial charge < -0.3 is 11.1 Å². The Labute approximate surface area is 100 Å². The molecule has 2 aromatic heterocycles. The van der Waals surface area contributed by atoms with E-state index in [4.69, 9.17) is 5.73 Å². The van der Waals surface area contributed by atoms with Crippen LogP contribution in [0, 0.1) is 0 Å². The molecule has 18 heavy (non-hydrogen) atoms. The lowest BCUT2D eigenvalue weighted by molar-refractivity contribution is -0.115. The average molecular weight is 244 g/mol. The van der Waals surface area contributed by atoms with Gasteiger partial charge in [0, 0.05) is 11.8 Å². The molecular weight excluding hydrogens is 236 g/mol. The van der Waals surface area contributed by atoms with E-state index in [2.05, 4.69) is 20.7 Å². The second-order valence-electron chi connectivity index (χ2n) is 3.69. The van der Waals surface area contributed by atoms with Gasteiger partial charge in [0.25, 0.3) is 5.91 Å². The smallest absolute Gasteiger partial charge is 0.326 e. The van der Waals surface area contributed by atoms with Crippen LogP contribution in [0.2, 0.25) is 0 Å². The fraction of sp³-hybridized carbons (Fsp3) is 0. The molecule has 0 bridgehead atoms. The molecule has 1 saturated heterocycles. The quantitative estimate of drug-likeness (QED) is 0.461. The zero-order valence-corrected chi connectivity index (χ0v) is 9.04. The van der Waals surface area contributed by atoms with Gasteiger partial charge in [0.1, 0.15) is 11.5 Å². The largest absolute Gasteiger partial charge is 0.384 e. The van der Waals surface area contributed by atoms with Crippen LogP contribution in [0.3, 0.4) is 0 Å². The van der Waals surface area contributed by atoms with Gasteiger partial charge in [-0.3, -0.25) is 10.1 Å².